The van der Waals surface area contributed by atoms with Crippen LogP contribution in [0.15, 0.2) is 42.5 Å². The monoisotopic (exact) mass is 358 g/mol. The molecule has 1 amide bonds. The molecule has 0 aliphatic carbocycles. The number of phenolic OH excluding ortho intramolecular Hbond substituents is 2. The molecule has 138 valence electrons. The van der Waals surface area contributed by atoms with Crippen LogP contribution in [0.5, 0.6) is 11.5 Å². The molecule has 0 spiro atoms. The van der Waals surface area contributed by atoms with Gasteiger partial charge in [-0.1, -0.05) is 0 Å². The summed E-state index contributed by atoms with van der Waals surface area (Å²) < 4.78 is 12.9. The Hall–Kier alpha value is -2.60. The summed E-state index contributed by atoms with van der Waals surface area (Å²) in [5, 5.41) is 22.4. The first-order chi connectivity index (χ1) is 12.5. The topological polar surface area (TPSA) is 72.8 Å². The number of phenols is 2. The second-order valence-electron chi connectivity index (χ2n) is 6.62. The maximum absolute atomic E-state index is 12.9. The molecule has 0 radical (unpaired) electrons. The van der Waals surface area contributed by atoms with Crippen molar-refractivity contribution in [1.29, 1.82) is 0 Å². The molecule has 5 nitrogen and oxygen atoms in total. The Morgan fingerprint density at radius 1 is 1.12 bits per heavy atom. The zero-order valence-corrected chi connectivity index (χ0v) is 14.5. The predicted molar refractivity (Wildman–Crippen MR) is 96.9 cm³/mol. The zero-order valence-electron chi connectivity index (χ0n) is 14.5. The maximum atomic E-state index is 12.9. The van der Waals surface area contributed by atoms with Crippen molar-refractivity contribution in [2.45, 2.75) is 18.8 Å². The van der Waals surface area contributed by atoms with Crippen LogP contribution < -0.4 is 5.32 Å². The van der Waals surface area contributed by atoms with Crippen molar-refractivity contribution in [3.63, 3.8) is 0 Å². The largest absolute Gasteiger partial charge is 0.508 e. The van der Waals surface area contributed by atoms with Gasteiger partial charge in [0.2, 0.25) is 0 Å². The van der Waals surface area contributed by atoms with E-state index in [0.29, 0.717) is 12.1 Å². The van der Waals surface area contributed by atoms with Crippen molar-refractivity contribution in [3.05, 3.63) is 59.4 Å². The van der Waals surface area contributed by atoms with E-state index in [1.165, 1.54) is 36.4 Å². The summed E-state index contributed by atoms with van der Waals surface area (Å²) in [6.45, 7) is 3.00. The molecule has 6 heteroatoms. The molecule has 3 N–H and O–H groups in total. The minimum Gasteiger partial charge on any atom is -0.508 e. The first-order valence-corrected chi connectivity index (χ1v) is 8.81. The molecule has 1 aliphatic heterocycles. The standard InChI is InChI=1S/C20H23FN2O3/c21-16-3-1-15(2-4-16)20(26)22-9-12-23-10-7-14(8-11-23)18-13-17(24)5-6-19(18)25/h1-6,13-14,24-25H,7-12H2,(H,22,26). The number of piperidine rings is 1. The second kappa shape index (κ2) is 8.19. The number of nitrogens with zero attached hydrogens (tertiary/aromatic N) is 1. The minimum atomic E-state index is -0.359. The predicted octanol–water partition coefficient (Wildman–Crippen LogP) is 2.85. The number of hydrogen-bond donors (Lipinski definition) is 3. The van der Waals surface area contributed by atoms with Crippen molar-refractivity contribution in [1.82, 2.24) is 10.2 Å². The fourth-order valence-corrected chi connectivity index (χ4v) is 3.37. The maximum Gasteiger partial charge on any atom is 0.251 e. The van der Waals surface area contributed by atoms with E-state index in [1.807, 2.05) is 0 Å². The molecule has 3 rings (SSSR count). The van der Waals surface area contributed by atoms with Gasteiger partial charge in [0.15, 0.2) is 0 Å². The highest BCUT2D eigenvalue weighted by Gasteiger charge is 2.23. The van der Waals surface area contributed by atoms with Gasteiger partial charge in [0.05, 0.1) is 0 Å². The molecule has 0 unspecified atom stereocenters. The lowest BCUT2D eigenvalue weighted by molar-refractivity contribution is 0.0945. The van der Waals surface area contributed by atoms with E-state index in [9.17, 15) is 19.4 Å². The highest BCUT2D eigenvalue weighted by Crippen LogP contribution is 2.35. The number of rotatable bonds is 5. The summed E-state index contributed by atoms with van der Waals surface area (Å²) in [5.41, 5.74) is 1.25. The lowest BCUT2D eigenvalue weighted by Gasteiger charge is -2.32. The molecular formula is C20H23FN2O3. The molecule has 26 heavy (non-hydrogen) atoms. The summed E-state index contributed by atoms with van der Waals surface area (Å²) in [5.74, 6) is 0.0652. The molecule has 2 aromatic rings. The smallest absolute Gasteiger partial charge is 0.251 e. The molecule has 1 heterocycles. The van der Waals surface area contributed by atoms with Gasteiger partial charge in [-0.15, -0.1) is 0 Å². The Kier molecular flexibility index (Phi) is 5.73. The van der Waals surface area contributed by atoms with Crippen molar-refractivity contribution in [2.75, 3.05) is 26.2 Å². The van der Waals surface area contributed by atoms with E-state index in [0.717, 1.165) is 38.0 Å². The molecule has 0 aromatic heterocycles. The van der Waals surface area contributed by atoms with Crippen molar-refractivity contribution >= 4 is 5.91 Å². The molecular weight excluding hydrogens is 335 g/mol. The lowest BCUT2D eigenvalue weighted by atomic mass is 9.88. The van der Waals surface area contributed by atoms with Gasteiger partial charge in [0.25, 0.3) is 5.91 Å². The SMILES string of the molecule is O=C(NCCN1CCC(c2cc(O)ccc2O)CC1)c1ccc(F)cc1. The van der Waals surface area contributed by atoms with Crippen LogP contribution in [-0.2, 0) is 0 Å². The molecule has 1 fully saturated rings. The fraction of sp³-hybridized carbons (Fsp3) is 0.350. The normalized spacial score (nSPS) is 15.7. The second-order valence-corrected chi connectivity index (χ2v) is 6.62. The Bertz CT molecular complexity index is 756. The molecule has 1 saturated heterocycles. The van der Waals surface area contributed by atoms with E-state index in [-0.39, 0.29) is 29.1 Å². The third kappa shape index (κ3) is 4.52. The Balaban J connectivity index is 1.43. The van der Waals surface area contributed by atoms with E-state index >= 15 is 0 Å². The molecule has 0 saturated carbocycles. The Morgan fingerprint density at radius 3 is 2.50 bits per heavy atom. The number of benzene rings is 2. The van der Waals surface area contributed by atoms with E-state index in [1.54, 1.807) is 6.07 Å². The van der Waals surface area contributed by atoms with Gasteiger partial charge < -0.3 is 20.4 Å². The third-order valence-corrected chi connectivity index (χ3v) is 4.86. The lowest BCUT2D eigenvalue weighted by Crippen LogP contribution is -2.39. The van der Waals surface area contributed by atoms with Crippen molar-refractivity contribution < 1.29 is 19.4 Å². The number of amides is 1. The first kappa shape index (κ1) is 18.2. The van der Waals surface area contributed by atoms with E-state index in [2.05, 4.69) is 10.2 Å². The van der Waals surface area contributed by atoms with Crippen LogP contribution >= 0.6 is 0 Å². The van der Waals surface area contributed by atoms with E-state index in [4.69, 9.17) is 0 Å². The van der Waals surface area contributed by atoms with Gasteiger partial charge in [-0.05, 0) is 74.3 Å². The van der Waals surface area contributed by atoms with Crippen LogP contribution in [0.1, 0.15) is 34.7 Å². The van der Waals surface area contributed by atoms with Crippen molar-refractivity contribution in [3.8, 4) is 11.5 Å². The summed E-state index contributed by atoms with van der Waals surface area (Å²) >= 11 is 0. The Labute approximate surface area is 152 Å². The highest BCUT2D eigenvalue weighted by atomic mass is 19.1. The Morgan fingerprint density at radius 2 is 1.81 bits per heavy atom. The third-order valence-electron chi connectivity index (χ3n) is 4.86. The summed E-state index contributed by atoms with van der Waals surface area (Å²) in [6.07, 6.45) is 1.78. The van der Waals surface area contributed by atoms with Gasteiger partial charge in [0.1, 0.15) is 17.3 Å². The van der Waals surface area contributed by atoms with Crippen LogP contribution in [0.3, 0.4) is 0 Å². The molecule has 1 aliphatic rings. The number of aromatic hydroxyl groups is 2. The van der Waals surface area contributed by atoms with E-state index < -0.39 is 0 Å². The summed E-state index contributed by atoms with van der Waals surface area (Å²) in [6, 6.07) is 10.1. The highest BCUT2D eigenvalue weighted by molar-refractivity contribution is 5.94. The van der Waals surface area contributed by atoms with Crippen LogP contribution in [-0.4, -0.2) is 47.2 Å². The molecule has 0 atom stereocenters. The fourth-order valence-electron chi connectivity index (χ4n) is 3.37. The van der Waals surface area contributed by atoms with Crippen molar-refractivity contribution in [2.24, 2.45) is 0 Å². The number of carbonyl (C=O) groups excluding carboxylic acids is 1. The average Bonchev–Trinajstić information content (AvgIpc) is 2.65. The van der Waals surface area contributed by atoms with Crippen LogP contribution in [0, 0.1) is 5.82 Å². The van der Waals surface area contributed by atoms with Crippen LogP contribution in [0.2, 0.25) is 0 Å². The number of carbonyl (C=O) groups is 1. The van der Waals surface area contributed by atoms with Crippen LogP contribution in [0.25, 0.3) is 0 Å². The van der Waals surface area contributed by atoms with Crippen LogP contribution in [0.4, 0.5) is 4.39 Å². The molecule has 2 aromatic carbocycles. The average molecular weight is 358 g/mol. The quantitative estimate of drug-likeness (QED) is 0.719. The van der Waals surface area contributed by atoms with Gasteiger partial charge in [-0.25, -0.2) is 4.39 Å². The number of halogens is 1. The number of hydrogen-bond acceptors (Lipinski definition) is 4. The van der Waals surface area contributed by atoms with Gasteiger partial charge >= 0.3 is 0 Å². The zero-order chi connectivity index (χ0) is 18.5. The first-order valence-electron chi connectivity index (χ1n) is 8.81. The number of nitrogens with one attached hydrogen (secondary N) is 1. The summed E-state index contributed by atoms with van der Waals surface area (Å²) in [4.78, 5) is 14.3. The van der Waals surface area contributed by atoms with Gasteiger partial charge in [-0.2, -0.15) is 0 Å². The van der Waals surface area contributed by atoms with Gasteiger partial charge in [0, 0.05) is 24.2 Å². The van der Waals surface area contributed by atoms with Gasteiger partial charge in [-0.3, -0.25) is 4.79 Å². The number of likely N-dealkylation sites (tertiary alicyclic amines) is 1. The molecule has 0 bridgehead atoms. The minimum absolute atomic E-state index is 0.170. The summed E-state index contributed by atoms with van der Waals surface area (Å²) in [7, 11) is 0.